The summed E-state index contributed by atoms with van der Waals surface area (Å²) in [5.41, 5.74) is 1.74. The topological polar surface area (TPSA) is 82.4 Å². The predicted octanol–water partition coefficient (Wildman–Crippen LogP) is -0.241. The average molecular weight is 347 g/mol. The van der Waals surface area contributed by atoms with Crippen molar-refractivity contribution in [1.82, 2.24) is 0 Å². The van der Waals surface area contributed by atoms with Gasteiger partial charge in [0, 0.05) is 9.79 Å². The molecule has 22 heavy (non-hydrogen) atoms. The monoisotopic (exact) mass is 347 g/mol. The summed E-state index contributed by atoms with van der Waals surface area (Å²) >= 11 is 0. The molecular weight excluding hydrogens is 333 g/mol. The fourth-order valence-corrected chi connectivity index (χ4v) is 4.32. The van der Waals surface area contributed by atoms with Crippen LogP contribution in [0.3, 0.4) is 0 Å². The molecule has 0 bridgehead atoms. The van der Waals surface area contributed by atoms with Crippen LogP contribution in [-0.4, -0.2) is 16.8 Å². The second kappa shape index (κ2) is 7.25. The van der Waals surface area contributed by atoms with Gasteiger partial charge in [-0.25, -0.2) is 16.8 Å². The van der Waals surface area contributed by atoms with E-state index in [0.717, 1.165) is 11.1 Å². The van der Waals surface area contributed by atoms with Crippen molar-refractivity contribution in [2.75, 3.05) is 0 Å². The SMILES string of the molecule is Cc1ccc(S(=O)(=O)[N-]S(=O)(=O)c2ccc(C)cc2)cc1.[Na+]. The number of rotatable bonds is 4. The molecule has 0 amide bonds. The summed E-state index contributed by atoms with van der Waals surface area (Å²) in [5, 5.41) is 0. The fourth-order valence-electron chi connectivity index (χ4n) is 1.64. The van der Waals surface area contributed by atoms with Crippen molar-refractivity contribution in [3.8, 4) is 0 Å². The van der Waals surface area contributed by atoms with Crippen molar-refractivity contribution in [2.24, 2.45) is 0 Å². The van der Waals surface area contributed by atoms with E-state index in [1.807, 2.05) is 0 Å². The van der Waals surface area contributed by atoms with Gasteiger partial charge in [-0.2, -0.15) is 0 Å². The molecule has 0 fully saturated rings. The molecular formula is C14H14NNaO4S2. The number of sulfonamides is 2. The van der Waals surface area contributed by atoms with Gasteiger partial charge in [0.05, 0.1) is 0 Å². The normalized spacial score (nSPS) is 11.7. The maximum absolute atomic E-state index is 12.1. The van der Waals surface area contributed by atoms with E-state index in [-0.39, 0.29) is 39.3 Å². The van der Waals surface area contributed by atoms with Crippen molar-refractivity contribution in [2.45, 2.75) is 23.6 Å². The summed E-state index contributed by atoms with van der Waals surface area (Å²) in [6.07, 6.45) is 0. The van der Waals surface area contributed by atoms with Gasteiger partial charge < -0.3 is 4.13 Å². The summed E-state index contributed by atoms with van der Waals surface area (Å²) in [7, 11) is -8.51. The smallest absolute Gasteiger partial charge is 0.428 e. The molecule has 0 heterocycles. The number of nitrogens with zero attached hydrogens (tertiary/aromatic N) is 1. The van der Waals surface area contributed by atoms with E-state index < -0.39 is 20.0 Å². The number of aryl methyl sites for hydroxylation is 2. The molecule has 2 aromatic rings. The van der Waals surface area contributed by atoms with E-state index in [1.165, 1.54) is 24.3 Å². The Kier molecular flexibility index (Phi) is 6.37. The first-order chi connectivity index (χ1) is 9.71. The minimum atomic E-state index is -4.26. The standard InChI is InChI=1S/C14H14NO4S2.Na/c1-11-3-7-13(8-4-11)20(16,17)15-21(18,19)14-9-5-12(2)6-10-14;/h3-10H,1-2H3;/q-1;+1. The van der Waals surface area contributed by atoms with Gasteiger partial charge in [0.15, 0.2) is 0 Å². The molecule has 5 nitrogen and oxygen atoms in total. The predicted molar refractivity (Wildman–Crippen MR) is 80.1 cm³/mol. The second-order valence-corrected chi connectivity index (χ2v) is 8.09. The maximum Gasteiger partial charge on any atom is 1.00 e. The van der Waals surface area contributed by atoms with Crippen LogP contribution in [0.25, 0.3) is 4.13 Å². The number of benzene rings is 2. The molecule has 112 valence electrons. The molecule has 0 spiro atoms. The Balaban J connectivity index is 0.00000242. The fraction of sp³-hybridized carbons (Fsp3) is 0.143. The van der Waals surface area contributed by atoms with Gasteiger partial charge in [-0.3, -0.25) is 0 Å². The molecule has 0 aromatic heterocycles. The molecule has 8 heteroatoms. The largest absolute Gasteiger partial charge is 1.00 e. The molecule has 0 saturated carbocycles. The molecule has 0 unspecified atom stereocenters. The molecule has 0 aliphatic rings. The Morgan fingerprint density at radius 2 is 0.909 bits per heavy atom. The Hall–Kier alpha value is -0.700. The molecule has 0 aliphatic heterocycles. The van der Waals surface area contributed by atoms with Crippen LogP contribution in [0.2, 0.25) is 0 Å². The maximum atomic E-state index is 12.1. The molecule has 0 aliphatic carbocycles. The molecule has 0 saturated heterocycles. The Morgan fingerprint density at radius 3 is 1.18 bits per heavy atom. The average Bonchev–Trinajstić information content (AvgIpc) is 2.38. The third-order valence-electron chi connectivity index (χ3n) is 2.83. The van der Waals surface area contributed by atoms with Gasteiger partial charge in [-0.15, -0.1) is 0 Å². The van der Waals surface area contributed by atoms with Crippen molar-refractivity contribution >= 4 is 20.0 Å². The van der Waals surface area contributed by atoms with Crippen molar-refractivity contribution < 1.29 is 46.4 Å². The first-order valence-corrected chi connectivity index (χ1v) is 8.96. The second-order valence-electron chi connectivity index (χ2n) is 4.65. The van der Waals surface area contributed by atoms with Crippen LogP contribution in [0.5, 0.6) is 0 Å². The third kappa shape index (κ3) is 4.65. The number of hydrogen-bond donors (Lipinski definition) is 0. The first-order valence-electron chi connectivity index (χ1n) is 6.08. The van der Waals surface area contributed by atoms with Crippen LogP contribution in [0.4, 0.5) is 0 Å². The molecule has 0 radical (unpaired) electrons. The van der Waals surface area contributed by atoms with Crippen LogP contribution in [-0.2, 0) is 20.0 Å². The van der Waals surface area contributed by atoms with Crippen LogP contribution in [0.15, 0.2) is 58.3 Å². The van der Waals surface area contributed by atoms with E-state index in [1.54, 1.807) is 38.1 Å². The minimum absolute atomic E-state index is 0. The Labute approximate surface area is 153 Å². The van der Waals surface area contributed by atoms with Crippen LogP contribution < -0.4 is 29.6 Å². The summed E-state index contributed by atoms with van der Waals surface area (Å²) < 4.78 is 51.3. The minimum Gasteiger partial charge on any atom is -0.428 e. The van der Waals surface area contributed by atoms with Gasteiger partial charge in [0.1, 0.15) is 20.0 Å². The molecule has 2 rings (SSSR count). The molecule has 0 atom stereocenters. The first kappa shape index (κ1) is 19.3. The summed E-state index contributed by atoms with van der Waals surface area (Å²) in [6, 6.07) is 11.7. The zero-order valence-electron chi connectivity index (χ0n) is 12.5. The summed E-state index contributed by atoms with van der Waals surface area (Å²) in [5.74, 6) is 0. The Morgan fingerprint density at radius 1 is 0.636 bits per heavy atom. The van der Waals surface area contributed by atoms with Crippen molar-refractivity contribution in [3.63, 3.8) is 0 Å². The number of hydrogen-bond acceptors (Lipinski definition) is 4. The van der Waals surface area contributed by atoms with Gasteiger partial charge in [0.25, 0.3) is 0 Å². The van der Waals surface area contributed by atoms with E-state index in [4.69, 9.17) is 0 Å². The summed E-state index contributed by atoms with van der Waals surface area (Å²) in [6.45, 7) is 3.60. The van der Waals surface area contributed by atoms with E-state index in [2.05, 4.69) is 4.13 Å². The van der Waals surface area contributed by atoms with Gasteiger partial charge in [-0.05, 0) is 38.1 Å². The zero-order valence-corrected chi connectivity index (χ0v) is 16.1. The Bertz CT molecular complexity index is 769. The molecule has 0 N–H and O–H groups in total. The van der Waals surface area contributed by atoms with Crippen molar-refractivity contribution in [3.05, 3.63) is 63.8 Å². The van der Waals surface area contributed by atoms with E-state index >= 15 is 0 Å². The van der Waals surface area contributed by atoms with Crippen molar-refractivity contribution in [1.29, 1.82) is 0 Å². The third-order valence-corrected chi connectivity index (χ3v) is 6.14. The quantitative estimate of drug-likeness (QED) is 0.715. The van der Waals surface area contributed by atoms with Gasteiger partial charge >= 0.3 is 29.6 Å². The summed E-state index contributed by atoms with van der Waals surface area (Å²) in [4.78, 5) is -0.299. The van der Waals surface area contributed by atoms with E-state index in [0.29, 0.717) is 0 Å². The van der Waals surface area contributed by atoms with E-state index in [9.17, 15) is 16.8 Å². The van der Waals surface area contributed by atoms with Crippen LogP contribution in [0, 0.1) is 13.8 Å². The molecule has 2 aromatic carbocycles. The van der Waals surface area contributed by atoms with Gasteiger partial charge in [0.2, 0.25) is 0 Å². The van der Waals surface area contributed by atoms with Crippen LogP contribution >= 0.6 is 0 Å². The van der Waals surface area contributed by atoms with Gasteiger partial charge in [-0.1, -0.05) is 35.4 Å². The zero-order chi connectivity index (χ0) is 15.7. The van der Waals surface area contributed by atoms with Crippen LogP contribution in [0.1, 0.15) is 11.1 Å².